The lowest BCUT2D eigenvalue weighted by Gasteiger charge is -2.07. The van der Waals surface area contributed by atoms with E-state index in [2.05, 4.69) is 0 Å². The number of carboxylic acids is 1. The molecule has 116 valence electrons. The maximum absolute atomic E-state index is 11.9. The van der Waals surface area contributed by atoms with Gasteiger partial charge in [-0.1, -0.05) is 18.2 Å². The number of carboxylic acid groups (broad SMARTS) is 1. The molecular formula is C14H11O6S2-. The van der Waals surface area contributed by atoms with Crippen LogP contribution >= 0.6 is 0 Å². The molecule has 0 radical (unpaired) electrons. The zero-order valence-electron chi connectivity index (χ0n) is 11.2. The second-order valence-electron chi connectivity index (χ2n) is 4.23. The van der Waals surface area contributed by atoms with Crippen LogP contribution in [0.5, 0.6) is 5.75 Å². The van der Waals surface area contributed by atoms with E-state index in [9.17, 15) is 22.5 Å². The van der Waals surface area contributed by atoms with Crippen LogP contribution in [0.25, 0.3) is 0 Å². The van der Waals surface area contributed by atoms with Crippen LogP contribution in [0.15, 0.2) is 64.4 Å². The molecule has 0 heterocycles. The van der Waals surface area contributed by atoms with Crippen molar-refractivity contribution < 1.29 is 26.7 Å². The topological polar surface area (TPSA) is 101 Å². The molecule has 0 aliphatic carbocycles. The van der Waals surface area contributed by atoms with Crippen LogP contribution in [0, 0.1) is 0 Å². The molecule has 0 N–H and O–H groups in total. The molecule has 2 aromatic rings. The predicted octanol–water partition coefficient (Wildman–Crippen LogP) is 0.312. The molecule has 0 aliphatic heterocycles. The van der Waals surface area contributed by atoms with Gasteiger partial charge in [0.1, 0.15) is 5.75 Å². The maximum atomic E-state index is 11.9. The molecule has 0 amide bonds. The standard InChI is InChI=1S/C14H12O6S2/c15-14(16)10-22(18,19)13-8-6-11(7-9-13)20-21(17)12-4-2-1-3-5-12/h1-9H,10H2,(H,15,16)/p-1. The second kappa shape index (κ2) is 6.71. The van der Waals surface area contributed by atoms with Gasteiger partial charge in [-0.15, -0.1) is 0 Å². The molecule has 22 heavy (non-hydrogen) atoms. The Labute approximate surface area is 129 Å². The Morgan fingerprint density at radius 2 is 1.64 bits per heavy atom. The monoisotopic (exact) mass is 339 g/mol. The van der Waals surface area contributed by atoms with Crippen LogP contribution in [0.1, 0.15) is 0 Å². The lowest BCUT2D eigenvalue weighted by atomic mass is 10.3. The van der Waals surface area contributed by atoms with Gasteiger partial charge < -0.3 is 14.1 Å². The summed E-state index contributed by atoms with van der Waals surface area (Å²) in [5, 5.41) is 10.4. The largest absolute Gasteiger partial charge is 0.549 e. The first-order valence-corrected chi connectivity index (χ1v) is 8.79. The minimum atomic E-state index is -3.95. The Hall–Kier alpha value is -2.19. The number of aliphatic carboxylic acids is 1. The van der Waals surface area contributed by atoms with E-state index < -0.39 is 32.6 Å². The van der Waals surface area contributed by atoms with Gasteiger partial charge in [0.05, 0.1) is 21.5 Å². The Balaban J connectivity index is 2.13. The summed E-state index contributed by atoms with van der Waals surface area (Å²) in [6.07, 6.45) is 0. The molecule has 2 rings (SSSR count). The third-order valence-corrected chi connectivity index (χ3v) is 5.21. The van der Waals surface area contributed by atoms with Crippen molar-refractivity contribution in [1.82, 2.24) is 0 Å². The van der Waals surface area contributed by atoms with E-state index in [0.29, 0.717) is 4.90 Å². The van der Waals surface area contributed by atoms with E-state index >= 15 is 0 Å². The van der Waals surface area contributed by atoms with Crippen molar-refractivity contribution >= 4 is 26.9 Å². The summed E-state index contributed by atoms with van der Waals surface area (Å²) in [6, 6.07) is 13.5. The van der Waals surface area contributed by atoms with Gasteiger partial charge in [-0.25, -0.2) is 12.6 Å². The Morgan fingerprint density at radius 1 is 1.05 bits per heavy atom. The SMILES string of the molecule is O=C([O-])CS(=O)(=O)c1ccc(OS(=O)c2ccccc2)cc1. The molecular weight excluding hydrogens is 328 g/mol. The summed E-state index contributed by atoms with van der Waals surface area (Å²) in [7, 11) is -3.95. The lowest BCUT2D eigenvalue weighted by molar-refractivity contribution is -0.301. The Morgan fingerprint density at radius 3 is 2.18 bits per heavy atom. The minimum Gasteiger partial charge on any atom is -0.549 e. The molecule has 8 heteroatoms. The highest BCUT2D eigenvalue weighted by Crippen LogP contribution is 2.19. The summed E-state index contributed by atoms with van der Waals surface area (Å²) in [6.45, 7) is 0. The fourth-order valence-corrected chi connectivity index (χ4v) is 3.40. The molecule has 1 unspecified atom stereocenters. The number of hydrogen-bond acceptors (Lipinski definition) is 6. The molecule has 1 atom stereocenters. The fourth-order valence-electron chi connectivity index (χ4n) is 1.61. The Kier molecular flexibility index (Phi) is 4.94. The highest BCUT2D eigenvalue weighted by atomic mass is 32.2. The molecule has 2 aromatic carbocycles. The van der Waals surface area contributed by atoms with Crippen LogP contribution in [0.4, 0.5) is 0 Å². The van der Waals surface area contributed by atoms with Crippen molar-refractivity contribution in [2.45, 2.75) is 9.79 Å². The first-order valence-electron chi connectivity index (χ1n) is 6.06. The van der Waals surface area contributed by atoms with Crippen molar-refractivity contribution in [1.29, 1.82) is 0 Å². The van der Waals surface area contributed by atoms with Crippen molar-refractivity contribution in [2.75, 3.05) is 5.75 Å². The lowest BCUT2D eigenvalue weighted by Crippen LogP contribution is -2.30. The zero-order chi connectivity index (χ0) is 16.2. The van der Waals surface area contributed by atoms with Crippen LogP contribution < -0.4 is 9.29 Å². The van der Waals surface area contributed by atoms with Gasteiger partial charge in [0.2, 0.25) is 11.1 Å². The predicted molar refractivity (Wildman–Crippen MR) is 77.0 cm³/mol. The van der Waals surface area contributed by atoms with Gasteiger partial charge in [0, 0.05) is 0 Å². The van der Waals surface area contributed by atoms with Crippen molar-refractivity contribution in [3.05, 3.63) is 54.6 Å². The highest BCUT2D eigenvalue weighted by molar-refractivity contribution is 7.92. The Bertz CT molecular complexity index is 782. The summed E-state index contributed by atoms with van der Waals surface area (Å²) in [4.78, 5) is 10.7. The molecule has 0 bridgehead atoms. The van der Waals surface area contributed by atoms with E-state index in [-0.39, 0.29) is 10.6 Å². The van der Waals surface area contributed by atoms with Crippen molar-refractivity contribution in [3.63, 3.8) is 0 Å². The summed E-state index contributed by atoms with van der Waals surface area (Å²) in [5.41, 5.74) is 0. The highest BCUT2D eigenvalue weighted by Gasteiger charge is 2.15. The molecule has 0 fully saturated rings. The van der Waals surface area contributed by atoms with E-state index in [1.165, 1.54) is 24.3 Å². The molecule has 0 spiro atoms. The summed E-state index contributed by atoms with van der Waals surface area (Å²) >= 11 is -1.72. The number of hydrogen-bond donors (Lipinski definition) is 0. The maximum Gasteiger partial charge on any atom is 0.240 e. The van der Waals surface area contributed by atoms with Gasteiger partial charge in [-0.05, 0) is 36.4 Å². The third-order valence-electron chi connectivity index (χ3n) is 2.60. The average Bonchev–Trinajstić information content (AvgIpc) is 2.47. The minimum absolute atomic E-state index is 0.172. The number of rotatable bonds is 6. The van der Waals surface area contributed by atoms with Gasteiger partial charge in [-0.2, -0.15) is 0 Å². The van der Waals surface area contributed by atoms with Crippen LogP contribution in [-0.2, 0) is 25.7 Å². The first-order chi connectivity index (χ1) is 10.4. The number of carbonyl (C=O) groups is 1. The van der Waals surface area contributed by atoms with Crippen molar-refractivity contribution in [3.8, 4) is 5.75 Å². The van der Waals surface area contributed by atoms with Gasteiger partial charge >= 0.3 is 0 Å². The van der Waals surface area contributed by atoms with E-state index in [4.69, 9.17) is 4.18 Å². The zero-order valence-corrected chi connectivity index (χ0v) is 12.8. The number of sulfone groups is 1. The normalized spacial score (nSPS) is 12.5. The van der Waals surface area contributed by atoms with Gasteiger partial charge in [-0.3, -0.25) is 0 Å². The number of carbonyl (C=O) groups excluding carboxylic acids is 1. The molecule has 6 nitrogen and oxygen atoms in total. The fraction of sp³-hybridized carbons (Fsp3) is 0.0714. The van der Waals surface area contributed by atoms with Crippen LogP contribution in [0.3, 0.4) is 0 Å². The average molecular weight is 339 g/mol. The van der Waals surface area contributed by atoms with Crippen LogP contribution in [0.2, 0.25) is 0 Å². The quantitative estimate of drug-likeness (QED) is 0.751. The smallest absolute Gasteiger partial charge is 0.240 e. The third kappa shape index (κ3) is 4.15. The molecule has 0 saturated carbocycles. The van der Waals surface area contributed by atoms with Crippen molar-refractivity contribution in [2.24, 2.45) is 0 Å². The van der Waals surface area contributed by atoms with E-state index in [1.807, 2.05) is 0 Å². The molecule has 0 saturated heterocycles. The summed E-state index contributed by atoms with van der Waals surface area (Å²) < 4.78 is 40.5. The first kappa shape index (κ1) is 16.2. The van der Waals surface area contributed by atoms with E-state index in [0.717, 1.165) is 0 Å². The van der Waals surface area contributed by atoms with Crippen LogP contribution in [-0.4, -0.2) is 24.3 Å². The van der Waals surface area contributed by atoms with E-state index in [1.54, 1.807) is 30.3 Å². The van der Waals surface area contributed by atoms with Gasteiger partial charge in [0.15, 0.2) is 9.84 Å². The summed E-state index contributed by atoms with van der Waals surface area (Å²) in [5.74, 6) is -2.57. The number of benzene rings is 2. The van der Waals surface area contributed by atoms with Gasteiger partial charge in [0.25, 0.3) is 0 Å². The molecule has 0 aromatic heterocycles. The second-order valence-corrected chi connectivity index (χ2v) is 7.33. The molecule has 0 aliphatic rings.